The zero-order valence-electron chi connectivity index (χ0n) is 7.87. The van der Waals surface area contributed by atoms with Crippen LogP contribution in [0.5, 0.6) is 0 Å². The van der Waals surface area contributed by atoms with Crippen LogP contribution in [0.4, 0.5) is 0 Å². The molecule has 6 heteroatoms. The molecule has 0 rings (SSSR count). The van der Waals surface area contributed by atoms with E-state index in [0.717, 1.165) is 0 Å². The van der Waals surface area contributed by atoms with Gasteiger partial charge in [-0.3, -0.25) is 4.79 Å². The molecule has 0 spiro atoms. The molecule has 0 aliphatic heterocycles. The van der Waals surface area contributed by atoms with Gasteiger partial charge in [-0.2, -0.15) is 0 Å². The van der Waals surface area contributed by atoms with Gasteiger partial charge in [-0.1, -0.05) is 6.92 Å². The summed E-state index contributed by atoms with van der Waals surface area (Å²) in [5, 5.41) is 18.6. The summed E-state index contributed by atoms with van der Waals surface area (Å²) in [6.07, 6.45) is -0.659. The average Bonchev–Trinajstić information content (AvgIpc) is 1.87. The van der Waals surface area contributed by atoms with Crippen molar-refractivity contribution in [1.82, 2.24) is 0 Å². The van der Waals surface area contributed by atoms with E-state index in [9.17, 15) is 14.7 Å². The molecule has 0 radical (unpaired) electrons. The van der Waals surface area contributed by atoms with Gasteiger partial charge < -0.3 is 19.7 Å². The minimum atomic E-state index is -1.41. The van der Waals surface area contributed by atoms with Crippen LogP contribution in [0.25, 0.3) is 0 Å². The van der Waals surface area contributed by atoms with Gasteiger partial charge in [0.2, 0.25) is 0 Å². The van der Waals surface area contributed by atoms with Gasteiger partial charge in [-0.15, -0.1) is 6.61 Å². The molecule has 0 heterocycles. The molecule has 13 heavy (non-hydrogen) atoms. The van der Waals surface area contributed by atoms with Crippen molar-refractivity contribution in [2.45, 2.75) is 20.3 Å². The molecule has 0 unspecified atom stereocenters. The molecule has 0 aromatic carbocycles. The Morgan fingerprint density at radius 1 is 1.31 bits per heavy atom. The van der Waals surface area contributed by atoms with Crippen LogP contribution in [0.3, 0.4) is 0 Å². The van der Waals surface area contributed by atoms with Crippen molar-refractivity contribution < 1.29 is 24.5 Å². The Balaban J connectivity index is -0.000000220. The summed E-state index contributed by atoms with van der Waals surface area (Å²) in [5.74, 6) is -2.16. The predicted octanol–water partition coefficient (Wildman–Crippen LogP) is -2.32. The molecular weight excluding hydrogens is 188 g/mol. The molecule has 0 amide bonds. The van der Waals surface area contributed by atoms with E-state index < -0.39 is 18.4 Å². The van der Waals surface area contributed by atoms with Gasteiger partial charge >= 0.3 is 29.0 Å². The number of carboxylic acid groups (broad SMARTS) is 1. The Bertz CT molecular complexity index is 137. The van der Waals surface area contributed by atoms with Crippen molar-refractivity contribution in [3.63, 3.8) is 0 Å². The SMILES string of the molecule is CCOC(=O)CC(=O)[O-].CC[O-].[Mg+2]. The zero-order valence-corrected chi connectivity index (χ0v) is 9.28. The van der Waals surface area contributed by atoms with Crippen LogP contribution < -0.4 is 10.2 Å². The van der Waals surface area contributed by atoms with Gasteiger partial charge in [0.15, 0.2) is 0 Å². The monoisotopic (exact) mass is 200 g/mol. The molecule has 0 N–H and O–H groups in total. The first-order valence-corrected chi connectivity index (χ1v) is 3.52. The van der Waals surface area contributed by atoms with E-state index in [1.54, 1.807) is 13.8 Å². The summed E-state index contributed by atoms with van der Waals surface area (Å²) >= 11 is 0. The zero-order chi connectivity index (χ0) is 9.98. The third-order valence-corrected chi connectivity index (χ3v) is 0.594. The van der Waals surface area contributed by atoms with Crippen LogP contribution in [0.15, 0.2) is 0 Å². The van der Waals surface area contributed by atoms with Crippen molar-refractivity contribution in [3.8, 4) is 0 Å². The molecule has 72 valence electrons. The smallest absolute Gasteiger partial charge is 0.855 e. The van der Waals surface area contributed by atoms with E-state index in [1.165, 1.54) is 0 Å². The van der Waals surface area contributed by atoms with Crippen LogP contribution in [-0.2, 0) is 14.3 Å². The van der Waals surface area contributed by atoms with Crippen LogP contribution in [0.1, 0.15) is 20.3 Å². The second-order valence-corrected chi connectivity index (χ2v) is 1.64. The Morgan fingerprint density at radius 2 is 1.69 bits per heavy atom. The third-order valence-electron chi connectivity index (χ3n) is 0.594. The fourth-order valence-electron chi connectivity index (χ4n) is 0.330. The van der Waals surface area contributed by atoms with E-state index in [1.807, 2.05) is 0 Å². The summed E-state index contributed by atoms with van der Waals surface area (Å²) in [6.45, 7) is 3.37. The van der Waals surface area contributed by atoms with Gasteiger partial charge in [0.25, 0.3) is 0 Å². The molecule has 0 bridgehead atoms. The number of aliphatic carboxylic acids is 1. The third kappa shape index (κ3) is 24.5. The largest absolute Gasteiger partial charge is 2.00 e. The number of carbonyl (C=O) groups excluding carboxylic acids is 2. The second kappa shape index (κ2) is 14.2. The second-order valence-electron chi connectivity index (χ2n) is 1.64. The average molecular weight is 200 g/mol. The van der Waals surface area contributed by atoms with Crippen LogP contribution in [0.2, 0.25) is 0 Å². The summed E-state index contributed by atoms with van der Waals surface area (Å²) in [5.41, 5.74) is 0. The van der Waals surface area contributed by atoms with Gasteiger partial charge in [0.05, 0.1) is 19.0 Å². The number of ether oxygens (including phenoxy) is 1. The Hall–Kier alpha value is -0.334. The fourth-order valence-corrected chi connectivity index (χ4v) is 0.330. The molecule has 0 aromatic heterocycles. The maximum atomic E-state index is 10.2. The van der Waals surface area contributed by atoms with Crippen molar-refractivity contribution in [2.75, 3.05) is 13.2 Å². The molecule has 0 aliphatic rings. The number of hydrogen-bond acceptors (Lipinski definition) is 5. The molecule has 0 aromatic rings. The summed E-state index contributed by atoms with van der Waals surface area (Å²) in [4.78, 5) is 19.9. The predicted molar refractivity (Wildman–Crippen MR) is 42.6 cm³/mol. The molecule has 0 saturated carbocycles. The molecule has 0 fully saturated rings. The maximum Gasteiger partial charge on any atom is 2.00 e. The van der Waals surface area contributed by atoms with Crippen LogP contribution in [-0.4, -0.2) is 48.2 Å². The Morgan fingerprint density at radius 3 is 1.92 bits per heavy atom. The Kier molecular flexibility index (Phi) is 20.2. The van der Waals surface area contributed by atoms with E-state index in [0.29, 0.717) is 0 Å². The van der Waals surface area contributed by atoms with E-state index in [-0.39, 0.29) is 36.3 Å². The minimum absolute atomic E-state index is 0. The topological polar surface area (TPSA) is 89.5 Å². The van der Waals surface area contributed by atoms with Gasteiger partial charge in [0, 0.05) is 0 Å². The summed E-state index contributed by atoms with van der Waals surface area (Å²) in [7, 11) is 0. The van der Waals surface area contributed by atoms with Gasteiger partial charge in [-0.05, 0) is 6.92 Å². The van der Waals surface area contributed by atoms with Crippen molar-refractivity contribution in [1.29, 1.82) is 0 Å². The molecule has 0 aliphatic carbocycles. The van der Waals surface area contributed by atoms with E-state index >= 15 is 0 Å². The first-order valence-electron chi connectivity index (χ1n) is 3.52. The standard InChI is InChI=1S/C5H8O4.C2H5O.Mg/c1-2-9-5(8)3-4(6)7;1-2-3;/h2-3H2,1H3,(H,6,7);2H2,1H3;/q;-1;+2/p-1. The Labute approximate surface area is 93.2 Å². The molecule has 0 atom stereocenters. The normalized spacial score (nSPS) is 7.31. The molecule has 0 saturated heterocycles. The molecule has 5 nitrogen and oxygen atoms in total. The van der Waals surface area contributed by atoms with E-state index in [4.69, 9.17) is 5.11 Å². The van der Waals surface area contributed by atoms with Crippen molar-refractivity contribution >= 4 is 35.0 Å². The van der Waals surface area contributed by atoms with Crippen LogP contribution in [0, 0.1) is 0 Å². The van der Waals surface area contributed by atoms with E-state index in [2.05, 4.69) is 4.74 Å². The quantitative estimate of drug-likeness (QED) is 0.290. The fraction of sp³-hybridized carbons (Fsp3) is 0.714. The number of carboxylic acids is 1. The summed E-state index contributed by atoms with van der Waals surface area (Å²) in [6, 6.07) is 0. The van der Waals surface area contributed by atoms with Crippen LogP contribution >= 0.6 is 0 Å². The first-order chi connectivity index (χ1) is 5.58. The molecular formula is C7H12MgO5. The number of esters is 1. The van der Waals surface area contributed by atoms with Gasteiger partial charge in [-0.25, -0.2) is 0 Å². The number of hydrogen-bond donors (Lipinski definition) is 0. The van der Waals surface area contributed by atoms with Crippen molar-refractivity contribution in [2.24, 2.45) is 0 Å². The number of rotatable bonds is 3. The minimum Gasteiger partial charge on any atom is -0.855 e. The number of carbonyl (C=O) groups is 2. The maximum absolute atomic E-state index is 10.2. The summed E-state index contributed by atoms with van der Waals surface area (Å²) < 4.78 is 4.29. The van der Waals surface area contributed by atoms with Gasteiger partial charge in [0.1, 0.15) is 0 Å². The van der Waals surface area contributed by atoms with Crippen molar-refractivity contribution in [3.05, 3.63) is 0 Å². The first kappa shape index (κ1) is 18.4.